The van der Waals surface area contributed by atoms with Crippen molar-refractivity contribution in [3.63, 3.8) is 0 Å². The molecular formula is C22H23F2N3O3. The van der Waals surface area contributed by atoms with Gasteiger partial charge >= 0.3 is 0 Å². The van der Waals surface area contributed by atoms with Crippen LogP contribution >= 0.6 is 0 Å². The van der Waals surface area contributed by atoms with Gasteiger partial charge in [-0.1, -0.05) is 18.2 Å². The zero-order valence-corrected chi connectivity index (χ0v) is 16.4. The summed E-state index contributed by atoms with van der Waals surface area (Å²) in [7, 11) is 0. The van der Waals surface area contributed by atoms with Crippen LogP contribution in [0.15, 0.2) is 54.9 Å². The third-order valence-electron chi connectivity index (χ3n) is 5.05. The molecule has 1 unspecified atom stereocenters. The van der Waals surface area contributed by atoms with Crippen molar-refractivity contribution in [3.8, 4) is 17.1 Å². The quantitative estimate of drug-likeness (QED) is 0.623. The molecule has 0 saturated carbocycles. The number of hydrogen-bond donors (Lipinski definition) is 1. The second-order valence-corrected chi connectivity index (χ2v) is 7.21. The average molecular weight is 415 g/mol. The van der Waals surface area contributed by atoms with Gasteiger partial charge in [0.1, 0.15) is 19.0 Å². The number of ether oxygens (including phenoxy) is 2. The zero-order valence-electron chi connectivity index (χ0n) is 16.4. The topological polar surface area (TPSA) is 69.4 Å². The number of nitrogens with zero attached hydrogens (tertiary/aromatic N) is 3. The van der Waals surface area contributed by atoms with Gasteiger partial charge in [0.2, 0.25) is 0 Å². The Hall–Kier alpha value is -2.84. The van der Waals surface area contributed by atoms with E-state index in [0.717, 1.165) is 37.3 Å². The zero-order chi connectivity index (χ0) is 21.0. The lowest BCUT2D eigenvalue weighted by Crippen LogP contribution is -2.20. The Kier molecular flexibility index (Phi) is 6.06. The number of halogens is 2. The molecule has 3 heterocycles. The number of alkyl halides is 2. The Morgan fingerprint density at radius 3 is 2.83 bits per heavy atom. The predicted octanol–water partition coefficient (Wildman–Crippen LogP) is 4.31. The highest BCUT2D eigenvalue weighted by Gasteiger charge is 2.30. The van der Waals surface area contributed by atoms with E-state index in [1.165, 1.54) is 18.2 Å². The van der Waals surface area contributed by atoms with Gasteiger partial charge in [0, 0.05) is 18.4 Å². The lowest BCUT2D eigenvalue weighted by molar-refractivity contribution is -0.0557. The standard InChI is InChI=1S/C22H23F2N3O3/c23-22(24,15-28)17-5-3-4-16(12-17)14-30-18-7-8-19(25-13-18)20-9-10-26-27(20)21-6-1-2-11-29-21/h3-5,7-10,12-13,21,28H,1-2,6,11,14-15H2. The molecule has 2 aromatic heterocycles. The molecule has 0 spiro atoms. The highest BCUT2D eigenvalue weighted by atomic mass is 19.3. The molecule has 3 aromatic rings. The van der Waals surface area contributed by atoms with Crippen LogP contribution in [0, 0.1) is 0 Å². The van der Waals surface area contributed by atoms with Crippen LogP contribution in [0.2, 0.25) is 0 Å². The summed E-state index contributed by atoms with van der Waals surface area (Å²) in [6.45, 7) is -0.384. The Morgan fingerprint density at radius 1 is 1.20 bits per heavy atom. The van der Waals surface area contributed by atoms with E-state index in [9.17, 15) is 8.78 Å². The number of rotatable bonds is 7. The van der Waals surface area contributed by atoms with E-state index in [1.807, 2.05) is 16.8 Å². The van der Waals surface area contributed by atoms with Crippen molar-refractivity contribution in [1.82, 2.24) is 14.8 Å². The van der Waals surface area contributed by atoms with Crippen LogP contribution < -0.4 is 4.74 Å². The van der Waals surface area contributed by atoms with Crippen molar-refractivity contribution in [2.24, 2.45) is 0 Å². The number of pyridine rings is 1. The lowest BCUT2D eigenvalue weighted by atomic mass is 10.1. The fourth-order valence-electron chi connectivity index (χ4n) is 3.43. The minimum absolute atomic E-state index is 0.0780. The van der Waals surface area contributed by atoms with Gasteiger partial charge in [-0.3, -0.25) is 4.98 Å². The van der Waals surface area contributed by atoms with Crippen molar-refractivity contribution < 1.29 is 23.4 Å². The number of aromatic nitrogens is 3. The molecule has 158 valence electrons. The van der Waals surface area contributed by atoms with Crippen LogP contribution in [0.1, 0.15) is 36.6 Å². The molecule has 30 heavy (non-hydrogen) atoms. The summed E-state index contributed by atoms with van der Waals surface area (Å²) in [4.78, 5) is 4.46. The van der Waals surface area contributed by atoms with Crippen molar-refractivity contribution >= 4 is 0 Å². The number of hydrogen-bond acceptors (Lipinski definition) is 5. The Labute approximate surface area is 173 Å². The van der Waals surface area contributed by atoms with Gasteiger partial charge in [-0.2, -0.15) is 13.9 Å². The molecular weight excluding hydrogens is 392 g/mol. The second-order valence-electron chi connectivity index (χ2n) is 7.21. The molecule has 1 aromatic carbocycles. The molecule has 0 aliphatic carbocycles. The SMILES string of the molecule is OCC(F)(F)c1cccc(COc2ccc(-c3ccnn3C3CCCCO3)nc2)c1. The summed E-state index contributed by atoms with van der Waals surface area (Å²) in [5.74, 6) is -2.75. The van der Waals surface area contributed by atoms with Crippen molar-refractivity contribution in [2.75, 3.05) is 13.2 Å². The maximum Gasteiger partial charge on any atom is 0.295 e. The monoisotopic (exact) mass is 415 g/mol. The normalized spacial score (nSPS) is 17.1. The highest BCUT2D eigenvalue weighted by molar-refractivity contribution is 5.54. The van der Waals surface area contributed by atoms with E-state index in [2.05, 4.69) is 10.1 Å². The van der Waals surface area contributed by atoms with E-state index in [4.69, 9.17) is 14.6 Å². The highest BCUT2D eigenvalue weighted by Crippen LogP contribution is 2.29. The summed E-state index contributed by atoms with van der Waals surface area (Å²) < 4.78 is 40.7. The molecule has 8 heteroatoms. The van der Waals surface area contributed by atoms with Gasteiger partial charge in [-0.15, -0.1) is 0 Å². The second kappa shape index (κ2) is 8.89. The molecule has 1 saturated heterocycles. The first-order valence-corrected chi connectivity index (χ1v) is 9.89. The van der Waals surface area contributed by atoms with Crippen LogP contribution in [-0.4, -0.2) is 33.1 Å². The Bertz CT molecular complexity index is 970. The molecule has 6 nitrogen and oxygen atoms in total. The van der Waals surface area contributed by atoms with Gasteiger partial charge in [-0.05, 0) is 49.1 Å². The average Bonchev–Trinajstić information content (AvgIpc) is 3.29. The minimum atomic E-state index is -3.27. The van der Waals surface area contributed by atoms with Crippen LogP contribution in [0.25, 0.3) is 11.4 Å². The van der Waals surface area contributed by atoms with Crippen molar-refractivity contribution in [2.45, 2.75) is 38.0 Å². The fourth-order valence-corrected chi connectivity index (χ4v) is 3.43. The molecule has 1 atom stereocenters. The van der Waals surface area contributed by atoms with Crippen molar-refractivity contribution in [1.29, 1.82) is 0 Å². The number of aliphatic hydroxyl groups is 1. The molecule has 1 N–H and O–H groups in total. The first kappa shape index (κ1) is 20.4. The Balaban J connectivity index is 1.43. The third-order valence-corrected chi connectivity index (χ3v) is 5.05. The molecule has 1 aliphatic heterocycles. The summed E-state index contributed by atoms with van der Waals surface area (Å²) in [5, 5.41) is 13.2. The van der Waals surface area contributed by atoms with Gasteiger partial charge in [-0.25, -0.2) is 4.68 Å². The summed E-state index contributed by atoms with van der Waals surface area (Å²) >= 11 is 0. The van der Waals surface area contributed by atoms with E-state index >= 15 is 0 Å². The lowest BCUT2D eigenvalue weighted by Gasteiger charge is -2.24. The molecule has 1 fully saturated rings. The number of benzene rings is 1. The van der Waals surface area contributed by atoms with Crippen LogP contribution in [0.4, 0.5) is 8.78 Å². The van der Waals surface area contributed by atoms with Crippen LogP contribution in [0.3, 0.4) is 0 Å². The van der Waals surface area contributed by atoms with Crippen LogP contribution in [0.5, 0.6) is 5.75 Å². The maximum absolute atomic E-state index is 13.7. The van der Waals surface area contributed by atoms with E-state index in [0.29, 0.717) is 11.3 Å². The largest absolute Gasteiger partial charge is 0.487 e. The first-order chi connectivity index (χ1) is 14.6. The third kappa shape index (κ3) is 4.49. The summed E-state index contributed by atoms with van der Waals surface area (Å²) in [6.07, 6.45) is 6.35. The minimum Gasteiger partial charge on any atom is -0.487 e. The molecule has 4 rings (SSSR count). The van der Waals surface area contributed by atoms with Gasteiger partial charge < -0.3 is 14.6 Å². The summed E-state index contributed by atoms with van der Waals surface area (Å²) in [5.41, 5.74) is 1.96. The Morgan fingerprint density at radius 2 is 2.10 bits per heavy atom. The van der Waals surface area contributed by atoms with E-state index < -0.39 is 12.5 Å². The van der Waals surface area contributed by atoms with Crippen LogP contribution in [-0.2, 0) is 17.3 Å². The fraction of sp³-hybridized carbons (Fsp3) is 0.364. The molecule has 0 amide bonds. The summed E-state index contributed by atoms with van der Waals surface area (Å²) in [6, 6.07) is 11.4. The predicted molar refractivity (Wildman–Crippen MR) is 106 cm³/mol. The maximum atomic E-state index is 13.7. The molecule has 0 radical (unpaired) electrons. The van der Waals surface area contributed by atoms with E-state index in [1.54, 1.807) is 24.5 Å². The van der Waals surface area contributed by atoms with E-state index in [-0.39, 0.29) is 18.4 Å². The van der Waals surface area contributed by atoms with Gasteiger partial charge in [0.25, 0.3) is 5.92 Å². The van der Waals surface area contributed by atoms with Gasteiger partial charge in [0.15, 0.2) is 6.23 Å². The molecule has 0 bridgehead atoms. The smallest absolute Gasteiger partial charge is 0.295 e. The molecule has 1 aliphatic rings. The van der Waals surface area contributed by atoms with Gasteiger partial charge in [0.05, 0.1) is 17.6 Å². The first-order valence-electron chi connectivity index (χ1n) is 9.89. The number of aliphatic hydroxyl groups excluding tert-OH is 1. The van der Waals surface area contributed by atoms with Crippen molar-refractivity contribution in [3.05, 3.63) is 66.0 Å².